The third kappa shape index (κ3) is 12.6. The Labute approximate surface area is 364 Å². The molecule has 1 heterocycles. The summed E-state index contributed by atoms with van der Waals surface area (Å²) in [6.45, 7) is 28.0. The highest BCUT2D eigenvalue weighted by atomic mass is 17.2. The Balaban J connectivity index is 2.07. The molecule has 0 fully saturated rings. The van der Waals surface area contributed by atoms with Crippen LogP contribution in [0.2, 0.25) is 0 Å². The number of imide groups is 1. The van der Waals surface area contributed by atoms with Crippen LogP contribution >= 0.6 is 0 Å². The van der Waals surface area contributed by atoms with E-state index >= 15 is 0 Å². The molecule has 7 N–H and O–H groups in total. The van der Waals surface area contributed by atoms with Gasteiger partial charge in [-0.2, -0.15) is 0 Å². The first-order valence-corrected chi connectivity index (χ1v) is 20.2. The molecule has 1 aliphatic heterocycles. The quantitative estimate of drug-likeness (QED) is 0.0516. The molecule has 346 valence electrons. The lowest BCUT2D eigenvalue weighted by Crippen LogP contribution is -2.69. The van der Waals surface area contributed by atoms with E-state index in [-0.39, 0.29) is 11.1 Å². The Bertz CT molecular complexity index is 1970. The van der Waals surface area contributed by atoms with Crippen LogP contribution in [0, 0.1) is 0 Å². The van der Waals surface area contributed by atoms with E-state index in [0.717, 1.165) is 4.90 Å². The second kappa shape index (κ2) is 17.4. The maximum Gasteiger partial charge on any atom is 0.262 e. The fraction of sp³-hybridized carbons (Fsp3) is 0.651. The molecule has 0 aromatic heterocycles. The van der Waals surface area contributed by atoms with Crippen molar-refractivity contribution in [1.82, 2.24) is 42.1 Å². The number of fused-ring (bicyclic) bond motifs is 1. The van der Waals surface area contributed by atoms with Crippen molar-refractivity contribution in [2.45, 2.75) is 182 Å². The van der Waals surface area contributed by atoms with Crippen LogP contribution in [0.5, 0.6) is 0 Å². The van der Waals surface area contributed by atoms with Crippen molar-refractivity contribution in [2.75, 3.05) is 0 Å². The first-order chi connectivity index (χ1) is 27.5. The third-order valence-electron chi connectivity index (χ3n) is 9.79. The van der Waals surface area contributed by atoms with Gasteiger partial charge in [0.15, 0.2) is 5.72 Å². The van der Waals surface area contributed by atoms with Crippen molar-refractivity contribution < 1.29 is 52.9 Å². The Hall–Kier alpha value is -5.43. The van der Waals surface area contributed by atoms with Gasteiger partial charge in [0.1, 0.15) is 38.8 Å². The molecule has 0 saturated heterocycles. The van der Waals surface area contributed by atoms with Gasteiger partial charge in [0.2, 0.25) is 41.4 Å². The zero-order valence-electron chi connectivity index (χ0n) is 39.7. The van der Waals surface area contributed by atoms with Gasteiger partial charge in [0, 0.05) is 0 Å². The molecule has 1 aromatic carbocycles. The second-order valence-electron chi connectivity index (χ2n) is 20.8. The number of hydrogen-bond acceptors (Lipinski definition) is 11. The first-order valence-electron chi connectivity index (χ1n) is 20.2. The van der Waals surface area contributed by atoms with Gasteiger partial charge in [0.25, 0.3) is 11.8 Å². The Kier molecular flexibility index (Phi) is 14.8. The summed E-state index contributed by atoms with van der Waals surface area (Å²) in [5, 5.41) is 18.2. The molecule has 1 aromatic rings. The Morgan fingerprint density at radius 2 is 0.629 bits per heavy atom. The molecule has 0 radical (unpaired) electrons. The number of carbonyl (C=O) groups excluding carboxylic acids is 9. The van der Waals surface area contributed by atoms with Crippen molar-refractivity contribution in [2.24, 2.45) is 0 Å². The van der Waals surface area contributed by atoms with Crippen molar-refractivity contribution in [3.63, 3.8) is 0 Å². The van der Waals surface area contributed by atoms with Crippen molar-refractivity contribution in [1.29, 1.82) is 0 Å². The van der Waals surface area contributed by atoms with Gasteiger partial charge >= 0.3 is 0 Å². The molecule has 0 aliphatic carbocycles. The van der Waals surface area contributed by atoms with Crippen molar-refractivity contribution >= 4 is 53.2 Å². The van der Waals surface area contributed by atoms with Gasteiger partial charge in [0.05, 0.1) is 16.7 Å². The highest BCUT2D eigenvalue weighted by Gasteiger charge is 2.50. The summed E-state index contributed by atoms with van der Waals surface area (Å²) in [5.41, 5.74) is -13.1. The van der Waals surface area contributed by atoms with Crippen LogP contribution < -0.4 is 37.2 Å². The molecule has 1 aliphatic rings. The number of nitrogens with zero attached hydrogens (tertiary/aromatic N) is 1. The normalized spacial score (nSPS) is 14.3. The average Bonchev–Trinajstić information content (AvgIpc) is 3.35. The summed E-state index contributed by atoms with van der Waals surface area (Å²) in [6.07, 6.45) is 0. The average molecular weight is 873 g/mol. The number of nitrogens with one attached hydrogen (secondary N) is 7. The summed E-state index contributed by atoms with van der Waals surface area (Å²) < 4.78 is 0. The molecule has 19 nitrogen and oxygen atoms in total. The van der Waals surface area contributed by atoms with Gasteiger partial charge in [-0.1, -0.05) is 12.1 Å². The second-order valence-corrected chi connectivity index (χ2v) is 20.8. The van der Waals surface area contributed by atoms with Crippen LogP contribution in [-0.2, 0) is 43.3 Å². The van der Waals surface area contributed by atoms with E-state index in [9.17, 15) is 43.2 Å². The summed E-state index contributed by atoms with van der Waals surface area (Å²) in [5.74, 6) is -6.62. The lowest BCUT2D eigenvalue weighted by Gasteiger charge is -2.38. The lowest BCUT2D eigenvalue weighted by atomic mass is 9.93. The van der Waals surface area contributed by atoms with Crippen LogP contribution in [0.1, 0.15) is 152 Å². The maximum absolute atomic E-state index is 13.6. The van der Waals surface area contributed by atoms with Gasteiger partial charge in [-0.25, -0.2) is 9.78 Å². The first kappa shape index (κ1) is 52.7. The zero-order chi connectivity index (χ0) is 48.6. The minimum absolute atomic E-state index is 0.151. The monoisotopic (exact) mass is 873 g/mol. The summed E-state index contributed by atoms with van der Waals surface area (Å²) in [6, 6.07) is 6.17. The van der Waals surface area contributed by atoms with E-state index in [1.54, 1.807) is 46.8 Å². The molecular weight excluding hydrogens is 805 g/mol. The van der Waals surface area contributed by atoms with E-state index in [1.807, 2.05) is 0 Å². The Morgan fingerprint density at radius 1 is 0.387 bits per heavy atom. The van der Waals surface area contributed by atoms with Crippen molar-refractivity contribution in [3.8, 4) is 0 Å². The van der Waals surface area contributed by atoms with Crippen LogP contribution in [0.25, 0.3) is 0 Å². The molecule has 0 atom stereocenters. The maximum atomic E-state index is 13.6. The smallest absolute Gasteiger partial charge is 0.262 e. The topological polar surface area (TPSA) is 260 Å². The lowest BCUT2D eigenvalue weighted by molar-refractivity contribution is -0.401. The Morgan fingerprint density at radius 3 is 0.887 bits per heavy atom. The van der Waals surface area contributed by atoms with E-state index in [0.29, 0.717) is 0 Å². The number of rotatable bonds is 17. The standard InChI is InChI=1S/C43H68N8O11/c1-35(2,3)61-62-43(18,19)50-33(59)41(14,15)48-31(57)39(10,11)46-29(55)37(6,7)44-28(54)36(4,5)45-30(56)38(8,9)47-32(58)40(12,13)49-34(60)42(16,17)51-26(52)24-22-20-21-23-25(24)27(51)53/h20-23H,1-19H3,(H,44,54)(H,45,56)(H,46,55)(H,47,58)(H,48,57)(H,49,60)(H,50,59). The van der Waals surface area contributed by atoms with Gasteiger partial charge in [-0.15, -0.1) is 0 Å². The van der Waals surface area contributed by atoms with Gasteiger partial charge in [-0.3, -0.25) is 48.1 Å². The van der Waals surface area contributed by atoms with Gasteiger partial charge < -0.3 is 37.2 Å². The number of hydrogen-bond donors (Lipinski definition) is 7. The third-order valence-corrected chi connectivity index (χ3v) is 9.79. The molecule has 0 spiro atoms. The fourth-order valence-corrected chi connectivity index (χ4v) is 5.46. The highest BCUT2D eigenvalue weighted by Crippen LogP contribution is 2.30. The van der Waals surface area contributed by atoms with Gasteiger partial charge in [-0.05, 0) is 144 Å². The minimum atomic E-state index is -1.72. The number of benzene rings is 1. The van der Waals surface area contributed by atoms with E-state index in [1.165, 1.54) is 109 Å². The highest BCUT2D eigenvalue weighted by molar-refractivity contribution is 6.23. The molecular formula is C43H68N8O11. The number of carbonyl (C=O) groups is 9. The van der Waals surface area contributed by atoms with Crippen LogP contribution in [0.15, 0.2) is 24.3 Å². The molecule has 0 saturated carbocycles. The van der Waals surface area contributed by atoms with E-state index in [4.69, 9.17) is 9.78 Å². The largest absolute Gasteiger partial charge is 0.340 e. The fourth-order valence-electron chi connectivity index (χ4n) is 5.46. The minimum Gasteiger partial charge on any atom is -0.340 e. The molecule has 0 unspecified atom stereocenters. The molecule has 0 bridgehead atoms. The number of amides is 9. The molecule has 9 amide bonds. The summed E-state index contributed by atoms with van der Waals surface area (Å²) >= 11 is 0. The van der Waals surface area contributed by atoms with E-state index in [2.05, 4.69) is 37.2 Å². The van der Waals surface area contributed by atoms with Crippen molar-refractivity contribution in [3.05, 3.63) is 35.4 Å². The summed E-state index contributed by atoms with van der Waals surface area (Å²) in [4.78, 5) is 132. The van der Waals surface area contributed by atoms with Crippen LogP contribution in [0.3, 0.4) is 0 Å². The zero-order valence-corrected chi connectivity index (χ0v) is 39.7. The molecule has 62 heavy (non-hydrogen) atoms. The predicted molar refractivity (Wildman–Crippen MR) is 228 cm³/mol. The van der Waals surface area contributed by atoms with Crippen LogP contribution in [-0.4, -0.2) is 108 Å². The van der Waals surface area contributed by atoms with Crippen LogP contribution in [0.4, 0.5) is 0 Å². The predicted octanol–water partition coefficient (Wildman–Crippen LogP) is 2.03. The van der Waals surface area contributed by atoms with E-state index < -0.39 is 103 Å². The SMILES string of the molecule is CC(C)(C)OOC(C)(C)NC(=O)C(C)(C)NC(=O)C(C)(C)NC(=O)C(C)(C)NC(=O)C(C)(C)NC(=O)C(C)(C)NC(=O)C(C)(C)NC(=O)C(C)(C)N1C(=O)c2ccccc2C1=O. The summed E-state index contributed by atoms with van der Waals surface area (Å²) in [7, 11) is 0. The molecule has 19 heteroatoms. The molecule has 2 rings (SSSR count).